The van der Waals surface area contributed by atoms with Gasteiger partial charge in [-0.2, -0.15) is 0 Å². The Bertz CT molecular complexity index is 1660. The number of para-hydroxylation sites is 2. The van der Waals surface area contributed by atoms with Gasteiger partial charge in [0.15, 0.2) is 0 Å². The maximum absolute atomic E-state index is 14.5. The van der Waals surface area contributed by atoms with Gasteiger partial charge in [0.05, 0.1) is 5.54 Å². The molecule has 0 saturated carbocycles. The first kappa shape index (κ1) is 24.0. The molecule has 198 valence electrons. The van der Waals surface area contributed by atoms with Gasteiger partial charge >= 0.3 is 0 Å². The Kier molecular flexibility index (Phi) is 4.62. The van der Waals surface area contributed by atoms with Crippen molar-refractivity contribution < 1.29 is 14.7 Å². The second kappa shape index (κ2) is 7.51. The number of anilines is 1. The van der Waals surface area contributed by atoms with Crippen LogP contribution in [0.15, 0.2) is 79.2 Å². The predicted octanol–water partition coefficient (Wildman–Crippen LogP) is 4.76. The molecule has 4 aliphatic heterocycles. The Morgan fingerprint density at radius 1 is 1.10 bits per heavy atom. The lowest BCUT2D eigenvalue weighted by Crippen LogP contribution is -2.63. The molecule has 0 spiro atoms. The summed E-state index contributed by atoms with van der Waals surface area (Å²) in [4.78, 5) is 37.4. The van der Waals surface area contributed by atoms with Crippen molar-refractivity contribution in [2.24, 2.45) is 0 Å². The second-order valence-electron chi connectivity index (χ2n) is 12.2. The van der Waals surface area contributed by atoms with Crippen LogP contribution in [0.25, 0.3) is 17.0 Å². The zero-order chi connectivity index (χ0) is 27.5. The Balaban J connectivity index is 1.45. The van der Waals surface area contributed by atoms with E-state index in [1.807, 2.05) is 80.6 Å². The molecular weight excluding hydrogens is 488 g/mol. The maximum Gasteiger partial charge on any atom is 0.273 e. The van der Waals surface area contributed by atoms with Gasteiger partial charge in [0.25, 0.3) is 11.8 Å². The highest BCUT2D eigenvalue weighted by molar-refractivity contribution is 6.10. The quantitative estimate of drug-likeness (QED) is 0.478. The first-order valence-corrected chi connectivity index (χ1v) is 13.4. The molecular formula is C32H32N4O3. The third-order valence-electron chi connectivity index (χ3n) is 9.07. The summed E-state index contributed by atoms with van der Waals surface area (Å²) < 4.78 is 0. The number of rotatable bonds is 2. The number of nitrogens with one attached hydrogen (secondary N) is 1. The molecule has 3 aromatic rings. The highest BCUT2D eigenvalue weighted by Gasteiger charge is 2.67. The number of aromatic nitrogens is 1. The van der Waals surface area contributed by atoms with E-state index in [2.05, 4.69) is 30.3 Å². The number of amides is 2. The van der Waals surface area contributed by atoms with Crippen molar-refractivity contribution in [1.29, 1.82) is 0 Å². The largest absolute Gasteiger partial charge is 0.381 e. The number of hydrogen-bond donors (Lipinski definition) is 2. The van der Waals surface area contributed by atoms with E-state index >= 15 is 0 Å². The minimum Gasteiger partial charge on any atom is -0.381 e. The molecule has 7 rings (SSSR count). The van der Waals surface area contributed by atoms with Crippen LogP contribution in [0.1, 0.15) is 50.9 Å². The van der Waals surface area contributed by atoms with Crippen LogP contribution in [0.4, 0.5) is 5.69 Å². The van der Waals surface area contributed by atoms with Gasteiger partial charge in [0, 0.05) is 51.4 Å². The molecule has 0 aliphatic carbocycles. The maximum atomic E-state index is 14.5. The van der Waals surface area contributed by atoms with Gasteiger partial charge in [0.1, 0.15) is 23.5 Å². The highest BCUT2D eigenvalue weighted by Crippen LogP contribution is 2.56. The molecule has 3 atom stereocenters. The van der Waals surface area contributed by atoms with Crippen LogP contribution in [-0.2, 0) is 20.6 Å². The van der Waals surface area contributed by atoms with E-state index in [9.17, 15) is 14.7 Å². The molecule has 2 fully saturated rings. The van der Waals surface area contributed by atoms with Crippen LogP contribution in [0.3, 0.4) is 0 Å². The van der Waals surface area contributed by atoms with Gasteiger partial charge in [0.2, 0.25) is 0 Å². The van der Waals surface area contributed by atoms with Gasteiger partial charge in [-0.1, -0.05) is 62.4 Å². The van der Waals surface area contributed by atoms with Gasteiger partial charge in [-0.3, -0.25) is 14.5 Å². The summed E-state index contributed by atoms with van der Waals surface area (Å²) in [5, 5.41) is 13.3. The molecule has 39 heavy (non-hydrogen) atoms. The van der Waals surface area contributed by atoms with E-state index in [0.717, 1.165) is 33.4 Å². The van der Waals surface area contributed by atoms with E-state index < -0.39 is 28.8 Å². The second-order valence-corrected chi connectivity index (χ2v) is 12.2. The SMILES string of the molecule is C=CC(C)(C)N1c2ccccc2[C@]2(O)C[C@@H]3C(=O)N4/C=C\C(C)(C)c5[nH]c6ccccc6c5/C=C\4C(=O)N3[C@@H]12. The van der Waals surface area contributed by atoms with Crippen molar-refractivity contribution in [1.82, 2.24) is 14.8 Å². The number of fused-ring (bicyclic) bond motifs is 9. The zero-order valence-electron chi connectivity index (χ0n) is 22.6. The van der Waals surface area contributed by atoms with Crippen LogP contribution < -0.4 is 4.90 Å². The molecule has 2 N–H and O–H groups in total. The number of aromatic amines is 1. The molecule has 5 heterocycles. The summed E-state index contributed by atoms with van der Waals surface area (Å²) in [7, 11) is 0. The van der Waals surface area contributed by atoms with Crippen molar-refractivity contribution in [2.75, 3.05) is 4.90 Å². The third-order valence-corrected chi connectivity index (χ3v) is 9.07. The fourth-order valence-corrected chi connectivity index (χ4v) is 6.95. The van der Waals surface area contributed by atoms with Crippen LogP contribution in [0.5, 0.6) is 0 Å². The standard InChI is InChI=1S/C32H32N4O3/c1-6-31(4,5)36-23-14-10-8-12-21(23)32(39)18-25-27(37)34-16-15-30(2,3)26-20(19-11-7-9-13-22(19)33-26)17-24(34)28(38)35(25)29(32)36/h6-17,25,29,33,39H,1,18H2,2-5H3/b16-15-,24-17-/t25-,29+,32-/m1/s1. The first-order chi connectivity index (χ1) is 18.5. The first-order valence-electron chi connectivity index (χ1n) is 13.4. The molecule has 0 radical (unpaired) electrons. The lowest BCUT2D eigenvalue weighted by molar-refractivity contribution is -0.148. The summed E-state index contributed by atoms with van der Waals surface area (Å²) in [5.74, 6) is -0.494. The van der Waals surface area contributed by atoms with Crippen LogP contribution in [0.2, 0.25) is 0 Å². The van der Waals surface area contributed by atoms with E-state index in [1.54, 1.807) is 11.1 Å². The fourth-order valence-electron chi connectivity index (χ4n) is 6.95. The van der Waals surface area contributed by atoms with Gasteiger partial charge in [-0.25, -0.2) is 0 Å². The van der Waals surface area contributed by atoms with E-state index in [-0.39, 0.29) is 23.9 Å². The monoisotopic (exact) mass is 520 g/mol. The lowest BCUT2D eigenvalue weighted by Gasteiger charge is -2.47. The van der Waals surface area contributed by atoms with Crippen LogP contribution >= 0.6 is 0 Å². The van der Waals surface area contributed by atoms with Crippen molar-refractivity contribution in [3.63, 3.8) is 0 Å². The lowest BCUT2D eigenvalue weighted by atomic mass is 9.85. The summed E-state index contributed by atoms with van der Waals surface area (Å²) in [6.07, 6.45) is 6.75. The molecule has 2 aromatic carbocycles. The molecule has 1 aromatic heterocycles. The molecule has 4 aliphatic rings. The molecule has 7 nitrogen and oxygen atoms in total. The summed E-state index contributed by atoms with van der Waals surface area (Å²) in [6, 6.07) is 14.9. The smallest absolute Gasteiger partial charge is 0.273 e. The number of nitrogens with zero attached hydrogens (tertiary/aromatic N) is 3. The van der Waals surface area contributed by atoms with Crippen molar-refractivity contribution in [3.8, 4) is 0 Å². The number of allylic oxidation sites excluding steroid dienone is 1. The number of carbonyl (C=O) groups is 2. The summed E-state index contributed by atoms with van der Waals surface area (Å²) in [6.45, 7) is 12.3. The van der Waals surface area contributed by atoms with Gasteiger partial charge < -0.3 is 19.9 Å². The highest BCUT2D eigenvalue weighted by atomic mass is 16.3. The zero-order valence-corrected chi connectivity index (χ0v) is 22.6. The fraction of sp³-hybridized carbons (Fsp3) is 0.312. The van der Waals surface area contributed by atoms with Crippen molar-refractivity contribution in [3.05, 3.63) is 96.0 Å². The van der Waals surface area contributed by atoms with Crippen molar-refractivity contribution in [2.45, 2.75) is 62.9 Å². The normalized spacial score (nSPS) is 29.1. The molecule has 2 saturated heterocycles. The predicted molar refractivity (Wildman–Crippen MR) is 151 cm³/mol. The van der Waals surface area contributed by atoms with E-state index in [4.69, 9.17) is 0 Å². The minimum atomic E-state index is -1.40. The van der Waals surface area contributed by atoms with Gasteiger partial charge in [-0.15, -0.1) is 6.58 Å². The minimum absolute atomic E-state index is 0.127. The number of H-pyrrole nitrogens is 1. The molecule has 7 heteroatoms. The Labute approximate surface area is 227 Å². The number of piperazine rings is 1. The number of aliphatic hydroxyl groups is 1. The van der Waals surface area contributed by atoms with Crippen LogP contribution in [0, 0.1) is 0 Å². The van der Waals surface area contributed by atoms with Crippen LogP contribution in [-0.4, -0.2) is 49.5 Å². The summed E-state index contributed by atoms with van der Waals surface area (Å²) >= 11 is 0. The topological polar surface area (TPSA) is 79.9 Å². The molecule has 2 amide bonds. The average Bonchev–Trinajstić information content (AvgIpc) is 3.51. The van der Waals surface area contributed by atoms with Gasteiger partial charge in [-0.05, 0) is 32.1 Å². The number of benzene rings is 2. The number of hydrogen-bond acceptors (Lipinski definition) is 4. The molecule has 0 bridgehead atoms. The average molecular weight is 521 g/mol. The Morgan fingerprint density at radius 2 is 1.82 bits per heavy atom. The third kappa shape index (κ3) is 2.96. The molecule has 0 unspecified atom stereocenters. The van der Waals surface area contributed by atoms with E-state index in [1.165, 1.54) is 4.90 Å². The van der Waals surface area contributed by atoms with E-state index in [0.29, 0.717) is 0 Å². The Hall–Kier alpha value is -4.10. The number of carbonyl (C=O) groups excluding carboxylic acids is 2. The summed E-state index contributed by atoms with van der Waals surface area (Å²) in [5.41, 5.74) is 2.31. The van der Waals surface area contributed by atoms with Crippen molar-refractivity contribution >= 4 is 34.5 Å². The Morgan fingerprint density at radius 3 is 2.59 bits per heavy atom.